The quantitative estimate of drug-likeness (QED) is 0.627. The summed E-state index contributed by atoms with van der Waals surface area (Å²) >= 11 is 5.98. The van der Waals surface area contributed by atoms with Crippen LogP contribution in [0, 0.1) is 19.8 Å². The summed E-state index contributed by atoms with van der Waals surface area (Å²) in [5.74, 6) is -0.430. The minimum atomic E-state index is -0.475. The highest BCUT2D eigenvalue weighted by atomic mass is 35.5. The van der Waals surface area contributed by atoms with Crippen LogP contribution in [0.4, 0.5) is 5.69 Å². The lowest BCUT2D eigenvalue weighted by atomic mass is 10.1. The predicted octanol–water partition coefficient (Wildman–Crippen LogP) is 3.92. The second kappa shape index (κ2) is 6.65. The third kappa shape index (κ3) is 3.60. The molecule has 0 N–H and O–H groups in total. The van der Waals surface area contributed by atoms with Crippen molar-refractivity contribution in [1.82, 2.24) is 0 Å². The van der Waals surface area contributed by atoms with Gasteiger partial charge in [-0.15, -0.1) is 0 Å². The minimum absolute atomic E-state index is 0.0976. The van der Waals surface area contributed by atoms with E-state index in [1.54, 1.807) is 29.2 Å². The van der Waals surface area contributed by atoms with Gasteiger partial charge in [-0.2, -0.15) is 0 Å². The fourth-order valence-corrected chi connectivity index (χ4v) is 3.13. The molecule has 0 aromatic heterocycles. The van der Waals surface area contributed by atoms with E-state index in [-0.39, 0.29) is 18.3 Å². The summed E-state index contributed by atoms with van der Waals surface area (Å²) in [6, 6.07) is 12.7. The van der Waals surface area contributed by atoms with E-state index in [1.807, 2.05) is 32.0 Å². The number of nitrogens with zero attached hydrogens (tertiary/aromatic N) is 1. The van der Waals surface area contributed by atoms with Crippen molar-refractivity contribution in [2.75, 3.05) is 11.4 Å². The molecule has 2 aromatic carbocycles. The Bertz CT molecular complexity index is 783. The van der Waals surface area contributed by atoms with Gasteiger partial charge in [0.15, 0.2) is 0 Å². The minimum Gasteiger partial charge on any atom is -0.426 e. The summed E-state index contributed by atoms with van der Waals surface area (Å²) in [5, 5.41) is 0.557. The van der Waals surface area contributed by atoms with Crippen LogP contribution in [0.3, 0.4) is 0 Å². The molecule has 0 radical (unpaired) electrons. The molecule has 1 amide bonds. The molecule has 1 aliphatic heterocycles. The SMILES string of the molecule is Cc1cc(C)cc(OC(=O)[C@H]2CC(=O)N(c3cccc(Cl)c3)C2)c1. The molecule has 124 valence electrons. The van der Waals surface area contributed by atoms with Crippen LogP contribution in [0.2, 0.25) is 5.02 Å². The van der Waals surface area contributed by atoms with Crippen molar-refractivity contribution >= 4 is 29.2 Å². The highest BCUT2D eigenvalue weighted by Gasteiger charge is 2.36. The van der Waals surface area contributed by atoms with Crippen molar-refractivity contribution in [2.45, 2.75) is 20.3 Å². The first-order chi connectivity index (χ1) is 11.4. The molecule has 1 aliphatic rings. The van der Waals surface area contributed by atoms with Crippen LogP contribution in [-0.2, 0) is 9.59 Å². The molecule has 3 rings (SSSR count). The van der Waals surface area contributed by atoms with E-state index in [9.17, 15) is 9.59 Å². The highest BCUT2D eigenvalue weighted by molar-refractivity contribution is 6.30. The average molecular weight is 344 g/mol. The number of carbonyl (C=O) groups is 2. The van der Waals surface area contributed by atoms with Gasteiger partial charge in [0.05, 0.1) is 5.92 Å². The Morgan fingerprint density at radius 1 is 1.17 bits per heavy atom. The van der Waals surface area contributed by atoms with E-state index >= 15 is 0 Å². The van der Waals surface area contributed by atoms with Crippen LogP contribution in [0.15, 0.2) is 42.5 Å². The van der Waals surface area contributed by atoms with E-state index in [2.05, 4.69) is 0 Å². The molecule has 4 nitrogen and oxygen atoms in total. The number of carbonyl (C=O) groups excluding carboxylic acids is 2. The first-order valence-electron chi connectivity index (χ1n) is 7.78. The average Bonchev–Trinajstić information content (AvgIpc) is 2.88. The molecule has 0 unspecified atom stereocenters. The number of benzene rings is 2. The van der Waals surface area contributed by atoms with Gasteiger partial charge in [-0.1, -0.05) is 23.7 Å². The second-order valence-electron chi connectivity index (χ2n) is 6.13. The van der Waals surface area contributed by atoms with Crippen molar-refractivity contribution < 1.29 is 14.3 Å². The molecule has 0 aliphatic carbocycles. The fourth-order valence-electron chi connectivity index (χ4n) is 2.95. The van der Waals surface area contributed by atoms with Gasteiger partial charge < -0.3 is 9.64 Å². The van der Waals surface area contributed by atoms with Crippen LogP contribution < -0.4 is 9.64 Å². The number of amides is 1. The molecule has 1 heterocycles. The van der Waals surface area contributed by atoms with Crippen molar-refractivity contribution in [3.63, 3.8) is 0 Å². The molecule has 1 saturated heterocycles. The van der Waals surface area contributed by atoms with Gasteiger partial charge in [0, 0.05) is 23.7 Å². The van der Waals surface area contributed by atoms with Gasteiger partial charge in [0.25, 0.3) is 0 Å². The maximum absolute atomic E-state index is 12.4. The van der Waals surface area contributed by atoms with Crippen LogP contribution in [0.25, 0.3) is 0 Å². The van der Waals surface area contributed by atoms with E-state index in [0.717, 1.165) is 11.1 Å². The first kappa shape index (κ1) is 16.5. The number of ether oxygens (including phenoxy) is 1. The van der Waals surface area contributed by atoms with Crippen molar-refractivity contribution in [1.29, 1.82) is 0 Å². The lowest BCUT2D eigenvalue weighted by molar-refractivity contribution is -0.139. The van der Waals surface area contributed by atoms with Gasteiger partial charge in [-0.05, 0) is 55.3 Å². The number of hydrogen-bond acceptors (Lipinski definition) is 3. The molecule has 1 fully saturated rings. The van der Waals surface area contributed by atoms with Gasteiger partial charge in [0.2, 0.25) is 5.91 Å². The summed E-state index contributed by atoms with van der Waals surface area (Å²) in [5.41, 5.74) is 2.76. The van der Waals surface area contributed by atoms with E-state index < -0.39 is 5.92 Å². The van der Waals surface area contributed by atoms with Crippen LogP contribution in [-0.4, -0.2) is 18.4 Å². The van der Waals surface area contributed by atoms with Crippen molar-refractivity contribution in [3.05, 3.63) is 58.6 Å². The third-order valence-electron chi connectivity index (χ3n) is 3.99. The topological polar surface area (TPSA) is 46.6 Å². The highest BCUT2D eigenvalue weighted by Crippen LogP contribution is 2.28. The van der Waals surface area contributed by atoms with Gasteiger partial charge in [-0.3, -0.25) is 9.59 Å². The number of rotatable bonds is 3. The van der Waals surface area contributed by atoms with Gasteiger partial charge in [0.1, 0.15) is 5.75 Å². The Labute approximate surface area is 146 Å². The Kier molecular flexibility index (Phi) is 4.58. The maximum Gasteiger partial charge on any atom is 0.316 e. The normalized spacial score (nSPS) is 17.2. The number of hydrogen-bond donors (Lipinski definition) is 0. The molecule has 24 heavy (non-hydrogen) atoms. The van der Waals surface area contributed by atoms with Crippen LogP contribution in [0.1, 0.15) is 17.5 Å². The maximum atomic E-state index is 12.4. The van der Waals surface area contributed by atoms with Crippen LogP contribution >= 0.6 is 11.6 Å². The van der Waals surface area contributed by atoms with Gasteiger partial charge >= 0.3 is 5.97 Å². The smallest absolute Gasteiger partial charge is 0.316 e. The Morgan fingerprint density at radius 2 is 1.88 bits per heavy atom. The molecule has 0 spiro atoms. The van der Waals surface area contributed by atoms with E-state index in [4.69, 9.17) is 16.3 Å². The molecule has 1 atom stereocenters. The number of anilines is 1. The largest absolute Gasteiger partial charge is 0.426 e. The Hall–Kier alpha value is -2.33. The lowest BCUT2D eigenvalue weighted by Gasteiger charge is -2.16. The second-order valence-corrected chi connectivity index (χ2v) is 6.57. The fraction of sp³-hybridized carbons (Fsp3) is 0.263. The van der Waals surface area contributed by atoms with Crippen LogP contribution in [0.5, 0.6) is 5.75 Å². The number of aryl methyl sites for hydroxylation is 2. The van der Waals surface area contributed by atoms with E-state index in [0.29, 0.717) is 23.0 Å². The molecule has 0 saturated carbocycles. The van der Waals surface area contributed by atoms with Crippen molar-refractivity contribution in [2.24, 2.45) is 5.92 Å². The molecular weight excluding hydrogens is 326 g/mol. The number of esters is 1. The molecule has 5 heteroatoms. The number of halogens is 1. The summed E-state index contributed by atoms with van der Waals surface area (Å²) in [6.45, 7) is 4.21. The standard InChI is InChI=1S/C19H18ClNO3/c1-12-6-13(2)8-17(7-12)24-19(23)14-9-18(22)21(11-14)16-5-3-4-15(20)10-16/h3-8,10,14H,9,11H2,1-2H3/t14-/m0/s1. The molecular formula is C19H18ClNO3. The zero-order valence-electron chi connectivity index (χ0n) is 13.6. The summed E-state index contributed by atoms with van der Waals surface area (Å²) in [6.07, 6.45) is 0.149. The summed E-state index contributed by atoms with van der Waals surface area (Å²) < 4.78 is 5.47. The monoisotopic (exact) mass is 343 g/mol. The van der Waals surface area contributed by atoms with Crippen molar-refractivity contribution in [3.8, 4) is 5.75 Å². The Morgan fingerprint density at radius 3 is 2.54 bits per heavy atom. The third-order valence-corrected chi connectivity index (χ3v) is 4.23. The zero-order chi connectivity index (χ0) is 17.3. The lowest BCUT2D eigenvalue weighted by Crippen LogP contribution is -2.27. The first-order valence-corrected chi connectivity index (χ1v) is 8.16. The molecule has 0 bridgehead atoms. The Balaban J connectivity index is 1.72. The molecule has 2 aromatic rings. The summed E-state index contributed by atoms with van der Waals surface area (Å²) in [7, 11) is 0. The zero-order valence-corrected chi connectivity index (χ0v) is 14.3. The van der Waals surface area contributed by atoms with Gasteiger partial charge in [-0.25, -0.2) is 0 Å². The summed E-state index contributed by atoms with van der Waals surface area (Å²) in [4.78, 5) is 26.2. The van der Waals surface area contributed by atoms with E-state index in [1.165, 1.54) is 0 Å². The predicted molar refractivity (Wildman–Crippen MR) is 93.5 cm³/mol.